The minimum atomic E-state index is -0.816. The summed E-state index contributed by atoms with van der Waals surface area (Å²) in [4.78, 5) is 53.6. The Bertz CT molecular complexity index is 2430. The predicted molar refractivity (Wildman–Crippen MR) is 250 cm³/mol. The van der Waals surface area contributed by atoms with E-state index in [0.717, 1.165) is 46.1 Å². The molecule has 0 bridgehead atoms. The van der Waals surface area contributed by atoms with Crippen LogP contribution >= 0.6 is 22.9 Å². The van der Waals surface area contributed by atoms with Crippen LogP contribution in [0.3, 0.4) is 0 Å². The van der Waals surface area contributed by atoms with Gasteiger partial charge in [-0.15, -0.1) is 11.3 Å². The molecule has 4 heterocycles. The first-order valence-electron chi connectivity index (χ1n) is 21.7. The summed E-state index contributed by atoms with van der Waals surface area (Å²) in [6.45, 7) is 16.0. The van der Waals surface area contributed by atoms with Crippen molar-refractivity contribution in [2.75, 3.05) is 17.2 Å². The van der Waals surface area contributed by atoms with Crippen molar-refractivity contribution < 1.29 is 19.5 Å². The van der Waals surface area contributed by atoms with Crippen LogP contribution in [-0.4, -0.2) is 84.3 Å². The van der Waals surface area contributed by atoms with Crippen molar-refractivity contribution >= 4 is 63.7 Å². The van der Waals surface area contributed by atoms with E-state index in [1.165, 1.54) is 0 Å². The Hall–Kier alpha value is -5.35. The molecule has 0 spiro atoms. The molecule has 1 saturated carbocycles. The summed E-state index contributed by atoms with van der Waals surface area (Å²) >= 11 is 8.20. The van der Waals surface area contributed by atoms with Crippen LogP contribution in [0.15, 0.2) is 72.4 Å². The third-order valence-electron chi connectivity index (χ3n) is 11.8. The first kappa shape index (κ1) is 45.7. The summed E-state index contributed by atoms with van der Waals surface area (Å²) < 4.78 is 1.90. The molecule has 6 atom stereocenters. The molecule has 2 fully saturated rings. The van der Waals surface area contributed by atoms with E-state index in [2.05, 4.69) is 55.5 Å². The van der Waals surface area contributed by atoms with Gasteiger partial charge in [0, 0.05) is 43.2 Å². The first-order valence-corrected chi connectivity index (χ1v) is 22.9. The SMILES string of the molecule is Cc1cc(Nc2cc(Nc3ccccc3C(=O)NC3CCC(N[C@H](C(=O)N4C[C@H](O)C[C@H]4C(=O)N[C@@H](C)c4ccc(-c5scnc5C)cc4)C(C)(C)C)C3)c(Cl)cn2)n(C(C)C)n1. The molecule has 63 heavy (non-hydrogen) atoms. The lowest BCUT2D eigenvalue weighted by Crippen LogP contribution is -2.58. The maximum absolute atomic E-state index is 14.5. The van der Waals surface area contributed by atoms with Crippen molar-refractivity contribution in [1.29, 1.82) is 0 Å². The number of amides is 3. The molecular formula is C47H59ClN10O4S. The topological polar surface area (TPSA) is 178 Å². The Morgan fingerprint density at radius 2 is 1.65 bits per heavy atom. The number of carbonyl (C=O) groups is 3. The minimum Gasteiger partial charge on any atom is -0.391 e. The quantitative estimate of drug-likeness (QED) is 0.0637. The second-order valence-electron chi connectivity index (χ2n) is 18.2. The van der Waals surface area contributed by atoms with Crippen molar-refractivity contribution in [3.8, 4) is 10.4 Å². The number of benzene rings is 2. The second kappa shape index (κ2) is 19.2. The summed E-state index contributed by atoms with van der Waals surface area (Å²) in [5.41, 5.74) is 6.81. The standard InChI is InChI=1S/C47H59ClN10O4S/c1-26(2)58-41(19-27(3)56-58)55-40-22-38(36(48)23-49-40)54-37-12-10-9-11-35(37)44(60)53-33-18-17-32(20-33)52-43(47(6,7)8)46(62)57-24-34(59)21-39(57)45(61)51-28(4)30-13-15-31(16-14-30)42-29(5)50-25-63-42/h9-16,19,22-23,25-26,28,32-34,39,43,52,59H,17-18,20-21,24H2,1-8H3,(H,51,61)(H,53,60)(H2,49,54,55)/t28-,32?,33?,34+,39-,43+/m0/s1. The van der Waals surface area contributed by atoms with Crippen LogP contribution in [0.4, 0.5) is 23.0 Å². The van der Waals surface area contributed by atoms with E-state index >= 15 is 0 Å². The number of hydrogen-bond donors (Lipinski definition) is 6. The molecule has 16 heteroatoms. The maximum Gasteiger partial charge on any atom is 0.253 e. The number of thiazole rings is 1. The zero-order chi connectivity index (χ0) is 45.2. The van der Waals surface area contributed by atoms with Gasteiger partial charge in [0.15, 0.2) is 0 Å². The summed E-state index contributed by atoms with van der Waals surface area (Å²) in [7, 11) is 0. The number of rotatable bonds is 14. The van der Waals surface area contributed by atoms with E-state index < -0.39 is 23.6 Å². The fourth-order valence-electron chi connectivity index (χ4n) is 8.49. The highest BCUT2D eigenvalue weighted by atomic mass is 35.5. The summed E-state index contributed by atoms with van der Waals surface area (Å²) in [5, 5.41) is 32.4. The van der Waals surface area contributed by atoms with Crippen LogP contribution in [-0.2, 0) is 9.59 Å². The lowest BCUT2D eigenvalue weighted by Gasteiger charge is -2.37. The molecule has 0 radical (unpaired) electrons. The van der Waals surface area contributed by atoms with E-state index in [0.29, 0.717) is 34.2 Å². The Kier molecular flexibility index (Phi) is 13.9. The smallest absolute Gasteiger partial charge is 0.253 e. The largest absolute Gasteiger partial charge is 0.391 e. The van der Waals surface area contributed by atoms with E-state index in [1.54, 1.807) is 34.6 Å². The molecule has 1 aliphatic carbocycles. The molecular weight excluding hydrogens is 836 g/mol. The number of aliphatic hydroxyl groups excluding tert-OH is 1. The molecule has 1 saturated heterocycles. The molecule has 6 N–H and O–H groups in total. The van der Waals surface area contributed by atoms with E-state index in [9.17, 15) is 19.5 Å². The normalized spacial score (nSPS) is 19.8. The van der Waals surface area contributed by atoms with Gasteiger partial charge in [-0.3, -0.25) is 14.4 Å². The molecule has 3 amide bonds. The minimum absolute atomic E-state index is 0.0641. The third-order valence-corrected chi connectivity index (χ3v) is 13.1. The second-order valence-corrected chi connectivity index (χ2v) is 19.5. The maximum atomic E-state index is 14.5. The number of aliphatic hydroxyl groups is 1. The number of nitrogens with one attached hydrogen (secondary N) is 5. The van der Waals surface area contributed by atoms with Gasteiger partial charge in [-0.05, 0) is 82.6 Å². The van der Waals surface area contributed by atoms with Crippen molar-refractivity contribution in [3.63, 3.8) is 0 Å². The van der Waals surface area contributed by atoms with Gasteiger partial charge in [-0.2, -0.15) is 5.10 Å². The summed E-state index contributed by atoms with van der Waals surface area (Å²) in [6, 6.07) is 17.3. The molecule has 3 aromatic heterocycles. The van der Waals surface area contributed by atoms with Crippen LogP contribution in [0.2, 0.25) is 5.02 Å². The third kappa shape index (κ3) is 10.7. The average Bonchev–Trinajstić information content (AvgIpc) is 4.05. The Morgan fingerprint density at radius 3 is 2.35 bits per heavy atom. The number of β-amino-alcohol motifs (C(OH)–C–C–N with tert-alkyl or cyclic N) is 1. The number of para-hydroxylation sites is 1. The molecule has 2 unspecified atom stereocenters. The number of hydrogen-bond acceptors (Lipinski definition) is 11. The van der Waals surface area contributed by atoms with Gasteiger partial charge in [0.05, 0.1) is 68.1 Å². The Morgan fingerprint density at radius 1 is 0.921 bits per heavy atom. The van der Waals surface area contributed by atoms with Crippen LogP contribution in [0, 0.1) is 19.3 Å². The van der Waals surface area contributed by atoms with Crippen LogP contribution in [0.1, 0.15) is 107 Å². The van der Waals surface area contributed by atoms with E-state index in [4.69, 9.17) is 11.6 Å². The predicted octanol–water partition coefficient (Wildman–Crippen LogP) is 8.23. The van der Waals surface area contributed by atoms with Crippen molar-refractivity contribution in [2.45, 2.75) is 123 Å². The number of carbonyl (C=O) groups excluding carboxylic acids is 3. The number of aryl methyl sites for hydroxylation is 2. The van der Waals surface area contributed by atoms with Gasteiger partial charge in [-0.25, -0.2) is 14.6 Å². The highest BCUT2D eigenvalue weighted by Gasteiger charge is 2.45. The zero-order valence-corrected chi connectivity index (χ0v) is 38.8. The molecule has 334 valence electrons. The number of anilines is 4. The van der Waals surface area contributed by atoms with Gasteiger partial charge in [0.1, 0.15) is 17.7 Å². The van der Waals surface area contributed by atoms with Crippen molar-refractivity contribution in [2.24, 2.45) is 5.41 Å². The lowest BCUT2D eigenvalue weighted by atomic mass is 9.85. The van der Waals surface area contributed by atoms with Gasteiger partial charge in [0.2, 0.25) is 11.8 Å². The van der Waals surface area contributed by atoms with Gasteiger partial charge in [0.25, 0.3) is 5.91 Å². The van der Waals surface area contributed by atoms with Gasteiger partial charge in [-0.1, -0.05) is 68.8 Å². The molecule has 1 aliphatic heterocycles. The Balaban J connectivity index is 0.970. The Labute approximate surface area is 378 Å². The number of likely N-dealkylation sites (tertiary alicyclic amines) is 1. The lowest BCUT2D eigenvalue weighted by molar-refractivity contribution is -0.142. The number of nitrogens with zero attached hydrogens (tertiary/aromatic N) is 5. The molecule has 7 rings (SSSR count). The van der Waals surface area contributed by atoms with Crippen LogP contribution < -0.4 is 26.6 Å². The average molecular weight is 896 g/mol. The van der Waals surface area contributed by atoms with E-state index in [1.807, 2.05) is 100 Å². The number of halogens is 1. The highest BCUT2D eigenvalue weighted by Crippen LogP contribution is 2.33. The molecule has 2 aliphatic rings. The zero-order valence-electron chi connectivity index (χ0n) is 37.2. The fraction of sp³-hybridized carbons (Fsp3) is 0.447. The van der Waals surface area contributed by atoms with Crippen LogP contribution in [0.25, 0.3) is 10.4 Å². The fourth-order valence-corrected chi connectivity index (χ4v) is 9.46. The van der Waals surface area contributed by atoms with Gasteiger partial charge < -0.3 is 36.6 Å². The summed E-state index contributed by atoms with van der Waals surface area (Å²) in [5.74, 6) is 0.619. The van der Waals surface area contributed by atoms with Gasteiger partial charge >= 0.3 is 0 Å². The van der Waals surface area contributed by atoms with Crippen LogP contribution in [0.5, 0.6) is 0 Å². The highest BCUT2D eigenvalue weighted by molar-refractivity contribution is 7.13. The molecule has 5 aromatic rings. The number of aromatic nitrogens is 4. The first-order chi connectivity index (χ1) is 29.9. The number of pyridine rings is 1. The summed E-state index contributed by atoms with van der Waals surface area (Å²) in [6.07, 6.45) is 2.99. The van der Waals surface area contributed by atoms with Crippen molar-refractivity contribution in [3.05, 3.63) is 99.9 Å². The molecule has 2 aromatic carbocycles. The van der Waals surface area contributed by atoms with E-state index in [-0.39, 0.29) is 54.9 Å². The van der Waals surface area contributed by atoms with Crippen molar-refractivity contribution in [1.82, 2.24) is 40.6 Å². The monoisotopic (exact) mass is 894 g/mol. The molecule has 14 nitrogen and oxygen atoms in total.